The Balaban J connectivity index is 1.72. The zero-order chi connectivity index (χ0) is 24.2. The lowest BCUT2D eigenvalue weighted by molar-refractivity contribution is -0.135. The number of nitrogens with zero attached hydrogens (tertiary/aromatic N) is 4. The molecule has 0 amide bonds. The smallest absolute Gasteiger partial charge is 0.371 e. The minimum absolute atomic E-state index is 0.176. The monoisotopic (exact) mass is 484 g/mol. The molecule has 3 aromatic rings. The second-order valence-electron chi connectivity index (χ2n) is 8.36. The van der Waals surface area contributed by atoms with Crippen molar-refractivity contribution in [2.24, 2.45) is 0 Å². The van der Waals surface area contributed by atoms with Crippen molar-refractivity contribution >= 4 is 34.8 Å². The standard InChI is InChI=1S/C24H28N4O5S/c1-15(2)18-14-34-21(25-18)5-4-16-6-7-28-20(12-16)26-22(27-8-10-33-11-9-27)17(23(28)29)13-19(32-3)24(30)31/h6-7,12-15H,4-5,8-11H2,1-3H3,(H,30,31). The van der Waals surface area contributed by atoms with Crippen LogP contribution in [0.2, 0.25) is 0 Å². The van der Waals surface area contributed by atoms with Gasteiger partial charge in [-0.1, -0.05) is 13.8 Å². The first kappa shape index (κ1) is 23.9. The Morgan fingerprint density at radius 2 is 2.06 bits per heavy atom. The van der Waals surface area contributed by atoms with Crippen LogP contribution in [0.4, 0.5) is 5.82 Å². The van der Waals surface area contributed by atoms with Gasteiger partial charge in [0.15, 0.2) is 0 Å². The van der Waals surface area contributed by atoms with Gasteiger partial charge in [-0.15, -0.1) is 11.3 Å². The quantitative estimate of drug-likeness (QED) is 0.384. The Kier molecular flexibility index (Phi) is 7.28. The number of carboxylic acid groups (broad SMARTS) is 1. The number of aryl methyl sites for hydroxylation is 2. The van der Waals surface area contributed by atoms with Gasteiger partial charge in [0.05, 0.1) is 36.6 Å². The number of hydrogen-bond acceptors (Lipinski definition) is 8. The van der Waals surface area contributed by atoms with E-state index in [4.69, 9.17) is 19.4 Å². The Labute approximate surface area is 201 Å². The summed E-state index contributed by atoms with van der Waals surface area (Å²) in [5.41, 5.74) is 2.50. The summed E-state index contributed by atoms with van der Waals surface area (Å²) < 4.78 is 11.8. The molecule has 0 saturated carbocycles. The van der Waals surface area contributed by atoms with Crippen molar-refractivity contribution in [3.63, 3.8) is 0 Å². The summed E-state index contributed by atoms with van der Waals surface area (Å²) in [5.74, 6) is -0.738. The van der Waals surface area contributed by atoms with Gasteiger partial charge < -0.3 is 19.5 Å². The molecule has 0 unspecified atom stereocenters. The van der Waals surface area contributed by atoms with Crippen LogP contribution in [0.5, 0.6) is 0 Å². The number of aromatic nitrogens is 3. The topological polar surface area (TPSA) is 106 Å². The maximum Gasteiger partial charge on any atom is 0.371 e. The van der Waals surface area contributed by atoms with E-state index in [0.717, 1.165) is 29.1 Å². The number of carbonyl (C=O) groups is 1. The highest BCUT2D eigenvalue weighted by molar-refractivity contribution is 7.09. The Hall–Kier alpha value is -3.24. The summed E-state index contributed by atoms with van der Waals surface area (Å²) in [5, 5.41) is 12.6. The van der Waals surface area contributed by atoms with E-state index in [2.05, 4.69) is 19.2 Å². The number of rotatable bonds is 8. The number of methoxy groups -OCH3 is 1. The molecular weight excluding hydrogens is 456 g/mol. The van der Waals surface area contributed by atoms with E-state index >= 15 is 0 Å². The number of fused-ring (bicyclic) bond motifs is 1. The minimum atomic E-state index is -1.25. The lowest BCUT2D eigenvalue weighted by atomic mass is 10.1. The van der Waals surface area contributed by atoms with E-state index in [0.29, 0.717) is 43.7 Å². The van der Waals surface area contributed by atoms with Crippen LogP contribution in [0.15, 0.2) is 34.3 Å². The molecule has 34 heavy (non-hydrogen) atoms. The third kappa shape index (κ3) is 5.13. The van der Waals surface area contributed by atoms with Crippen molar-refractivity contribution in [3.05, 3.63) is 61.7 Å². The van der Waals surface area contributed by atoms with Gasteiger partial charge in [-0.25, -0.2) is 14.8 Å². The molecule has 0 radical (unpaired) electrons. The van der Waals surface area contributed by atoms with Crippen molar-refractivity contribution in [3.8, 4) is 0 Å². The van der Waals surface area contributed by atoms with Crippen LogP contribution in [-0.4, -0.2) is 58.9 Å². The molecule has 4 rings (SSSR count). The Morgan fingerprint density at radius 1 is 1.29 bits per heavy atom. The van der Waals surface area contributed by atoms with Crippen molar-refractivity contribution in [1.82, 2.24) is 14.4 Å². The summed E-state index contributed by atoms with van der Waals surface area (Å²) in [7, 11) is 1.26. The van der Waals surface area contributed by atoms with E-state index in [9.17, 15) is 14.7 Å². The predicted octanol–water partition coefficient (Wildman–Crippen LogP) is 2.97. The Bertz CT molecular complexity index is 1270. The number of carboxylic acids is 1. The average molecular weight is 485 g/mol. The summed E-state index contributed by atoms with van der Waals surface area (Å²) >= 11 is 1.67. The van der Waals surface area contributed by atoms with Gasteiger partial charge in [0.2, 0.25) is 5.76 Å². The molecule has 10 heteroatoms. The molecule has 0 bridgehead atoms. The molecule has 1 fully saturated rings. The number of aliphatic carboxylic acids is 1. The average Bonchev–Trinajstić information content (AvgIpc) is 3.32. The largest absolute Gasteiger partial charge is 0.490 e. The predicted molar refractivity (Wildman–Crippen MR) is 131 cm³/mol. The third-order valence-corrected chi connectivity index (χ3v) is 6.64. The highest BCUT2D eigenvalue weighted by Crippen LogP contribution is 2.22. The van der Waals surface area contributed by atoms with Gasteiger partial charge in [0, 0.05) is 37.2 Å². The maximum absolute atomic E-state index is 13.4. The number of thiazole rings is 1. The molecule has 9 nitrogen and oxygen atoms in total. The van der Waals surface area contributed by atoms with Crippen molar-refractivity contribution < 1.29 is 19.4 Å². The molecule has 0 aromatic carbocycles. The summed E-state index contributed by atoms with van der Waals surface area (Å²) in [4.78, 5) is 36.3. The maximum atomic E-state index is 13.4. The zero-order valence-corrected chi connectivity index (χ0v) is 20.3. The van der Waals surface area contributed by atoms with Gasteiger partial charge in [-0.05, 0) is 30.0 Å². The molecule has 4 heterocycles. The Morgan fingerprint density at radius 3 is 2.71 bits per heavy atom. The van der Waals surface area contributed by atoms with E-state index < -0.39 is 5.97 Å². The molecule has 0 aliphatic carbocycles. The molecule has 1 aliphatic rings. The van der Waals surface area contributed by atoms with Crippen LogP contribution >= 0.6 is 11.3 Å². The molecule has 1 aliphatic heterocycles. The van der Waals surface area contributed by atoms with Gasteiger partial charge >= 0.3 is 5.97 Å². The molecule has 180 valence electrons. The third-order valence-electron chi connectivity index (χ3n) is 5.71. The lowest BCUT2D eigenvalue weighted by Crippen LogP contribution is -2.38. The van der Waals surface area contributed by atoms with Crippen LogP contribution in [-0.2, 0) is 27.1 Å². The molecule has 0 spiro atoms. The fraction of sp³-hybridized carbons (Fsp3) is 0.417. The van der Waals surface area contributed by atoms with Crippen LogP contribution in [0.3, 0.4) is 0 Å². The summed E-state index contributed by atoms with van der Waals surface area (Å²) in [6, 6.07) is 3.80. The van der Waals surface area contributed by atoms with E-state index in [-0.39, 0.29) is 16.9 Å². The number of morpholine rings is 1. The van der Waals surface area contributed by atoms with Gasteiger partial charge in [0.25, 0.3) is 5.56 Å². The van der Waals surface area contributed by atoms with Crippen LogP contribution in [0.25, 0.3) is 11.7 Å². The molecule has 1 saturated heterocycles. The second kappa shape index (κ2) is 10.4. The van der Waals surface area contributed by atoms with Gasteiger partial charge in [0.1, 0.15) is 11.5 Å². The molecular formula is C24H28N4O5S. The van der Waals surface area contributed by atoms with Crippen LogP contribution in [0, 0.1) is 0 Å². The molecule has 1 N–H and O–H groups in total. The van der Waals surface area contributed by atoms with Gasteiger partial charge in [-0.3, -0.25) is 9.20 Å². The fourth-order valence-corrected chi connectivity index (χ4v) is 4.74. The van der Waals surface area contributed by atoms with E-state index in [1.807, 2.05) is 17.0 Å². The summed E-state index contributed by atoms with van der Waals surface area (Å²) in [6.07, 6.45) is 4.52. The van der Waals surface area contributed by atoms with Crippen LogP contribution < -0.4 is 10.5 Å². The first-order valence-electron chi connectivity index (χ1n) is 11.2. The lowest BCUT2D eigenvalue weighted by Gasteiger charge is -2.29. The molecule has 3 aromatic heterocycles. The number of hydrogen-bond donors (Lipinski definition) is 1. The zero-order valence-electron chi connectivity index (χ0n) is 19.5. The summed E-state index contributed by atoms with van der Waals surface area (Å²) in [6.45, 7) is 6.39. The van der Waals surface area contributed by atoms with Crippen LogP contribution in [0.1, 0.15) is 41.6 Å². The van der Waals surface area contributed by atoms with Crippen molar-refractivity contribution in [1.29, 1.82) is 0 Å². The normalized spacial score (nSPS) is 14.7. The first-order valence-corrected chi connectivity index (χ1v) is 12.1. The highest BCUT2D eigenvalue weighted by Gasteiger charge is 2.21. The van der Waals surface area contributed by atoms with Gasteiger partial charge in [-0.2, -0.15) is 0 Å². The number of ether oxygens (including phenoxy) is 2. The number of pyridine rings is 1. The molecule has 0 atom stereocenters. The first-order chi connectivity index (χ1) is 16.4. The van der Waals surface area contributed by atoms with E-state index in [1.165, 1.54) is 17.6 Å². The van der Waals surface area contributed by atoms with Crippen molar-refractivity contribution in [2.75, 3.05) is 38.3 Å². The second-order valence-corrected chi connectivity index (χ2v) is 9.30. The van der Waals surface area contributed by atoms with Crippen molar-refractivity contribution in [2.45, 2.75) is 32.6 Å². The minimum Gasteiger partial charge on any atom is -0.490 e. The SMILES string of the molecule is COC(=Cc1c(N2CCOCC2)nc2cc(CCc3nc(C(C)C)cs3)ccn2c1=O)C(=O)O. The number of anilines is 1. The van der Waals surface area contributed by atoms with E-state index in [1.54, 1.807) is 17.5 Å². The highest BCUT2D eigenvalue weighted by atomic mass is 32.1. The fourth-order valence-electron chi connectivity index (χ4n) is 3.78.